The van der Waals surface area contributed by atoms with Crippen molar-refractivity contribution in [3.05, 3.63) is 0 Å². The molecular formula is C20H34FN3O4S. The number of aliphatic hydroxyl groups excluding tert-OH is 1. The lowest BCUT2D eigenvalue weighted by atomic mass is 9.66. The lowest BCUT2D eigenvalue weighted by Crippen LogP contribution is -2.59. The topological polar surface area (TPSA) is 98.7 Å². The summed E-state index contributed by atoms with van der Waals surface area (Å²) in [5, 5.41) is 14.1. The van der Waals surface area contributed by atoms with Crippen LogP contribution >= 0.6 is 0 Å². The Labute approximate surface area is 173 Å². The minimum Gasteiger partial charge on any atom is -0.391 e. The maximum Gasteiger partial charge on any atom is 0.304 e. The van der Waals surface area contributed by atoms with Gasteiger partial charge in [0.2, 0.25) is 5.91 Å². The molecule has 3 saturated carbocycles. The first kappa shape index (κ1) is 21.5. The highest BCUT2D eigenvalue weighted by atomic mass is 32.2. The van der Waals surface area contributed by atoms with Gasteiger partial charge in [-0.05, 0) is 56.4 Å². The number of halogens is 1. The summed E-state index contributed by atoms with van der Waals surface area (Å²) in [4.78, 5) is 11.6. The van der Waals surface area contributed by atoms with Crippen LogP contribution in [0.4, 0.5) is 4.39 Å². The molecule has 1 saturated heterocycles. The van der Waals surface area contributed by atoms with E-state index in [1.165, 1.54) is 38.5 Å². The van der Waals surface area contributed by atoms with E-state index in [0.717, 1.165) is 29.6 Å². The quantitative estimate of drug-likeness (QED) is 0.612. The molecule has 29 heavy (non-hydrogen) atoms. The second-order valence-corrected chi connectivity index (χ2v) is 11.1. The van der Waals surface area contributed by atoms with Gasteiger partial charge < -0.3 is 10.4 Å². The summed E-state index contributed by atoms with van der Waals surface area (Å²) < 4.78 is 42.6. The predicted molar refractivity (Wildman–Crippen MR) is 107 cm³/mol. The van der Waals surface area contributed by atoms with Crippen LogP contribution in [0.1, 0.15) is 64.2 Å². The fourth-order valence-electron chi connectivity index (χ4n) is 6.10. The molecule has 4 rings (SSSR count). The number of nitrogens with zero attached hydrogens (tertiary/aromatic N) is 1. The van der Waals surface area contributed by atoms with Crippen molar-refractivity contribution < 1.29 is 22.7 Å². The molecule has 7 nitrogen and oxygen atoms in total. The van der Waals surface area contributed by atoms with Crippen LogP contribution < -0.4 is 10.0 Å². The van der Waals surface area contributed by atoms with E-state index in [1.54, 1.807) is 0 Å². The summed E-state index contributed by atoms with van der Waals surface area (Å²) in [5.41, 5.74) is 0. The molecule has 4 aliphatic rings. The first-order valence-corrected chi connectivity index (χ1v) is 12.7. The van der Waals surface area contributed by atoms with Gasteiger partial charge in [-0.1, -0.05) is 32.1 Å². The SMILES string of the molecule is O=C1CN(C2C(O)CC3CCC(NCCC4CCCCC4)CC3C2F)S(=O)(=O)N1. The standard InChI is InChI=1S/C20H34FN3O4S/c21-19-16-11-15(22-9-8-13-4-2-1-3-5-13)7-6-14(16)10-17(25)20(19)24-12-18(26)23-29(24,27)28/h13-17,19-20,22,25H,1-12H2,(H,23,26). The molecule has 1 amide bonds. The number of carbonyl (C=O) groups excluding carboxylic acids is 1. The van der Waals surface area contributed by atoms with E-state index in [0.29, 0.717) is 12.8 Å². The zero-order valence-corrected chi connectivity index (χ0v) is 17.7. The number of carbonyl (C=O) groups is 1. The van der Waals surface area contributed by atoms with Crippen LogP contribution in [-0.4, -0.2) is 61.2 Å². The Kier molecular flexibility index (Phi) is 6.49. The van der Waals surface area contributed by atoms with E-state index in [-0.39, 0.29) is 17.9 Å². The Morgan fingerprint density at radius 2 is 1.90 bits per heavy atom. The van der Waals surface area contributed by atoms with Crippen LogP contribution in [0, 0.1) is 17.8 Å². The summed E-state index contributed by atoms with van der Waals surface area (Å²) in [6, 6.07) is -0.940. The average molecular weight is 432 g/mol. The highest BCUT2D eigenvalue weighted by Gasteiger charge is 2.53. The normalized spacial score (nSPS) is 41.1. The van der Waals surface area contributed by atoms with Crippen LogP contribution in [0.5, 0.6) is 0 Å². The molecule has 1 heterocycles. The fraction of sp³-hybridized carbons (Fsp3) is 0.950. The van der Waals surface area contributed by atoms with Gasteiger partial charge in [0.1, 0.15) is 6.17 Å². The van der Waals surface area contributed by atoms with Gasteiger partial charge >= 0.3 is 10.2 Å². The van der Waals surface area contributed by atoms with Gasteiger partial charge in [-0.3, -0.25) is 4.79 Å². The van der Waals surface area contributed by atoms with Gasteiger partial charge in [-0.2, -0.15) is 12.7 Å². The monoisotopic (exact) mass is 431 g/mol. The molecule has 1 aliphatic heterocycles. The molecule has 4 fully saturated rings. The van der Waals surface area contributed by atoms with E-state index < -0.39 is 41.0 Å². The largest absolute Gasteiger partial charge is 0.391 e. The lowest BCUT2D eigenvalue weighted by molar-refractivity contribution is -0.119. The van der Waals surface area contributed by atoms with E-state index in [4.69, 9.17) is 0 Å². The number of rotatable bonds is 5. The molecule has 6 unspecified atom stereocenters. The number of hydrogen-bond acceptors (Lipinski definition) is 5. The molecule has 3 aliphatic carbocycles. The minimum atomic E-state index is -4.06. The van der Waals surface area contributed by atoms with Gasteiger partial charge in [0.15, 0.2) is 0 Å². The van der Waals surface area contributed by atoms with E-state index >= 15 is 4.39 Å². The Balaban J connectivity index is 1.35. The van der Waals surface area contributed by atoms with Gasteiger partial charge in [-0.25, -0.2) is 9.11 Å². The second kappa shape index (κ2) is 8.77. The maximum absolute atomic E-state index is 15.5. The zero-order valence-electron chi connectivity index (χ0n) is 16.9. The average Bonchev–Trinajstić information content (AvgIpc) is 2.95. The first-order valence-electron chi connectivity index (χ1n) is 11.2. The summed E-state index contributed by atoms with van der Waals surface area (Å²) in [7, 11) is -4.06. The molecule has 3 N–H and O–H groups in total. The van der Waals surface area contributed by atoms with Gasteiger partial charge in [-0.15, -0.1) is 0 Å². The van der Waals surface area contributed by atoms with Gasteiger partial charge in [0.05, 0.1) is 18.7 Å². The molecule has 0 aromatic rings. The molecule has 9 heteroatoms. The smallest absolute Gasteiger partial charge is 0.304 e. The van der Waals surface area contributed by atoms with Crippen LogP contribution in [0.25, 0.3) is 0 Å². The van der Waals surface area contributed by atoms with Crippen molar-refractivity contribution >= 4 is 16.1 Å². The predicted octanol–water partition coefficient (Wildman–Crippen LogP) is 1.48. The molecular weight excluding hydrogens is 397 g/mol. The van der Waals surface area contributed by atoms with Crippen LogP contribution in [0.3, 0.4) is 0 Å². The van der Waals surface area contributed by atoms with Crippen LogP contribution in [0.2, 0.25) is 0 Å². The number of alkyl halides is 1. The Hall–Kier alpha value is -0.770. The van der Waals surface area contributed by atoms with E-state index in [1.807, 2.05) is 4.72 Å². The fourth-order valence-corrected chi connectivity index (χ4v) is 7.43. The summed E-state index contributed by atoms with van der Waals surface area (Å²) >= 11 is 0. The minimum absolute atomic E-state index is 0.0709. The van der Waals surface area contributed by atoms with Crippen molar-refractivity contribution in [3.63, 3.8) is 0 Å². The Morgan fingerprint density at radius 3 is 2.59 bits per heavy atom. The van der Waals surface area contributed by atoms with Crippen LogP contribution in [0.15, 0.2) is 0 Å². The molecule has 0 aromatic carbocycles. The van der Waals surface area contributed by atoms with Crippen molar-refractivity contribution in [3.8, 4) is 0 Å². The summed E-state index contributed by atoms with van der Waals surface area (Å²) in [6.07, 6.45) is 8.17. The third-order valence-corrected chi connectivity index (χ3v) is 9.09. The highest BCUT2D eigenvalue weighted by molar-refractivity contribution is 7.88. The third-order valence-electron chi connectivity index (χ3n) is 7.62. The number of aliphatic hydroxyl groups is 1. The maximum atomic E-state index is 15.5. The van der Waals surface area contributed by atoms with Crippen molar-refractivity contribution in [2.45, 2.75) is 88.6 Å². The number of nitrogens with one attached hydrogen (secondary N) is 2. The Morgan fingerprint density at radius 1 is 1.14 bits per heavy atom. The number of amides is 1. The van der Waals surface area contributed by atoms with Crippen molar-refractivity contribution in [1.29, 1.82) is 0 Å². The molecule has 0 aromatic heterocycles. The number of hydrogen-bond donors (Lipinski definition) is 3. The second-order valence-electron chi connectivity index (χ2n) is 9.49. The van der Waals surface area contributed by atoms with Gasteiger partial charge in [0, 0.05) is 6.04 Å². The van der Waals surface area contributed by atoms with Crippen molar-refractivity contribution in [2.24, 2.45) is 17.8 Å². The molecule has 0 spiro atoms. The summed E-state index contributed by atoms with van der Waals surface area (Å²) in [6.45, 7) is 0.541. The first-order chi connectivity index (χ1) is 13.8. The molecule has 0 radical (unpaired) electrons. The molecule has 166 valence electrons. The third kappa shape index (κ3) is 4.62. The molecule has 6 atom stereocenters. The Bertz CT molecular complexity index is 700. The van der Waals surface area contributed by atoms with E-state index in [2.05, 4.69) is 5.32 Å². The summed E-state index contributed by atoms with van der Waals surface area (Å²) in [5.74, 6) is -0.0737. The van der Waals surface area contributed by atoms with Crippen LogP contribution in [-0.2, 0) is 15.0 Å². The molecule has 0 bridgehead atoms. The lowest BCUT2D eigenvalue weighted by Gasteiger charge is -2.48. The van der Waals surface area contributed by atoms with Crippen molar-refractivity contribution in [1.82, 2.24) is 14.3 Å². The zero-order chi connectivity index (χ0) is 20.6. The number of fused-ring (bicyclic) bond motifs is 1. The van der Waals surface area contributed by atoms with Crippen molar-refractivity contribution in [2.75, 3.05) is 13.1 Å². The van der Waals surface area contributed by atoms with Gasteiger partial charge in [0.25, 0.3) is 0 Å². The van der Waals surface area contributed by atoms with E-state index in [9.17, 15) is 18.3 Å². The highest BCUT2D eigenvalue weighted by Crippen LogP contribution is 2.44.